The number of hydrogen-bond donors (Lipinski definition) is 3. The second-order valence-corrected chi connectivity index (χ2v) is 7.70. The molecule has 0 fully saturated rings. The predicted molar refractivity (Wildman–Crippen MR) is 118 cm³/mol. The molecule has 2 heterocycles. The predicted octanol–water partition coefficient (Wildman–Crippen LogP) is 4.03. The number of carbonyl (C=O) groups is 4. The summed E-state index contributed by atoms with van der Waals surface area (Å²) in [4.78, 5) is 45.2. The van der Waals surface area contributed by atoms with Crippen molar-refractivity contribution in [1.82, 2.24) is 9.88 Å². The number of aromatic carboxylic acids is 1. The minimum Gasteiger partial charge on any atom is -0.483 e. The van der Waals surface area contributed by atoms with E-state index < -0.39 is 17.8 Å². The smallest absolute Gasteiger partial charge is 0.352 e. The molecule has 0 radical (unpaired) electrons. The molecule has 31 heavy (non-hydrogen) atoms. The fourth-order valence-corrected chi connectivity index (χ4v) is 4.11. The molecule has 0 aliphatic carbocycles. The van der Waals surface area contributed by atoms with Gasteiger partial charge < -0.3 is 14.8 Å². The first-order valence-electron chi connectivity index (χ1n) is 9.03. The molecule has 3 aromatic rings. The molecule has 0 saturated heterocycles. The zero-order valence-electron chi connectivity index (χ0n) is 15.9. The number of nitrogens with zero attached hydrogens (tertiary/aromatic N) is 1. The van der Waals surface area contributed by atoms with E-state index in [2.05, 4.69) is 21.2 Å². The van der Waals surface area contributed by atoms with Crippen LogP contribution in [0.3, 0.4) is 0 Å². The van der Waals surface area contributed by atoms with Crippen LogP contribution in [0, 0.1) is 0 Å². The molecule has 4 rings (SSSR count). The molecule has 2 amide bonds. The van der Waals surface area contributed by atoms with Gasteiger partial charge in [0.1, 0.15) is 5.69 Å². The number of carbonyl (C=O) groups excluding carboxylic acids is 2. The second-order valence-electron chi connectivity index (χ2n) is 6.50. The quantitative estimate of drug-likeness (QED) is 0.272. The summed E-state index contributed by atoms with van der Waals surface area (Å²) in [6, 6.07) is 10.2. The van der Waals surface area contributed by atoms with Gasteiger partial charge in [0.05, 0.1) is 16.6 Å². The van der Waals surface area contributed by atoms with Crippen LogP contribution in [0.2, 0.25) is 5.02 Å². The lowest BCUT2D eigenvalue weighted by Crippen LogP contribution is -2.20. The summed E-state index contributed by atoms with van der Waals surface area (Å²) in [6.45, 7) is 0.201. The van der Waals surface area contributed by atoms with Crippen molar-refractivity contribution in [1.29, 1.82) is 0 Å². The number of carboxylic acids is 1. The van der Waals surface area contributed by atoms with Crippen LogP contribution in [-0.4, -0.2) is 44.4 Å². The van der Waals surface area contributed by atoms with E-state index in [1.165, 1.54) is 6.07 Å². The normalized spacial score (nSPS) is 12.2. The van der Waals surface area contributed by atoms with Crippen molar-refractivity contribution in [3.63, 3.8) is 0 Å². The number of aromatic nitrogens is 1. The number of fused-ring (bicyclic) bond motifs is 3. The van der Waals surface area contributed by atoms with Crippen LogP contribution in [0.5, 0.6) is 0 Å². The summed E-state index contributed by atoms with van der Waals surface area (Å²) in [5, 5.41) is 20.4. The van der Waals surface area contributed by atoms with Crippen molar-refractivity contribution < 1.29 is 29.4 Å². The van der Waals surface area contributed by atoms with Gasteiger partial charge in [-0.25, -0.2) is 4.79 Å². The summed E-state index contributed by atoms with van der Waals surface area (Å²) in [7, 11) is 0. The number of hydrogen-bond acceptors (Lipinski definition) is 4. The molecule has 160 valence electrons. The monoisotopic (exact) mass is 506 g/mol. The Labute approximate surface area is 189 Å². The topological polar surface area (TPSA) is 126 Å². The fraction of sp³-hybridized carbons (Fsp3) is 0.143. The number of benzene rings is 2. The van der Waals surface area contributed by atoms with Crippen LogP contribution < -0.4 is 5.32 Å². The highest BCUT2D eigenvalue weighted by Crippen LogP contribution is 2.39. The molecular formula is C21H16BrClN2O6. The van der Waals surface area contributed by atoms with Crippen molar-refractivity contribution in [2.45, 2.75) is 13.0 Å². The molecule has 1 aliphatic heterocycles. The third kappa shape index (κ3) is 4.06. The van der Waals surface area contributed by atoms with Gasteiger partial charge in [0, 0.05) is 27.8 Å². The Balaban J connectivity index is 0.000000858. The van der Waals surface area contributed by atoms with Gasteiger partial charge >= 0.3 is 5.97 Å². The van der Waals surface area contributed by atoms with Gasteiger partial charge in [-0.05, 0) is 30.2 Å². The minimum atomic E-state index is -1.09. The molecule has 0 bridgehead atoms. The molecule has 0 atom stereocenters. The number of nitrogens with one attached hydrogen (secondary N) is 1. The summed E-state index contributed by atoms with van der Waals surface area (Å²) in [6.07, 6.45) is 0.702. The maximum atomic E-state index is 12.5. The Morgan fingerprint density at radius 2 is 1.77 bits per heavy atom. The maximum absolute atomic E-state index is 12.5. The van der Waals surface area contributed by atoms with Crippen LogP contribution in [0.15, 0.2) is 36.4 Å². The third-order valence-electron chi connectivity index (χ3n) is 4.79. The Kier molecular flexibility index (Phi) is 6.77. The lowest BCUT2D eigenvalue weighted by atomic mass is 9.94. The summed E-state index contributed by atoms with van der Waals surface area (Å²) >= 11 is 9.71. The average molecular weight is 508 g/mol. The van der Waals surface area contributed by atoms with E-state index in [-0.39, 0.29) is 23.3 Å². The third-order valence-corrected chi connectivity index (χ3v) is 5.68. The van der Waals surface area contributed by atoms with E-state index in [1.807, 2.05) is 0 Å². The number of alkyl halides is 1. The molecule has 3 N–H and O–H groups in total. The van der Waals surface area contributed by atoms with Crippen molar-refractivity contribution in [2.24, 2.45) is 0 Å². The fourth-order valence-electron chi connectivity index (χ4n) is 3.63. The van der Waals surface area contributed by atoms with E-state index in [9.17, 15) is 19.5 Å². The van der Waals surface area contributed by atoms with Crippen LogP contribution >= 0.6 is 27.5 Å². The van der Waals surface area contributed by atoms with E-state index >= 15 is 0 Å². The van der Waals surface area contributed by atoms with Crippen molar-refractivity contribution >= 4 is 62.7 Å². The largest absolute Gasteiger partial charge is 0.483 e. The van der Waals surface area contributed by atoms with Gasteiger partial charge in [0.15, 0.2) is 0 Å². The van der Waals surface area contributed by atoms with Crippen LogP contribution in [0.25, 0.3) is 22.0 Å². The molecule has 8 nitrogen and oxygen atoms in total. The lowest BCUT2D eigenvalue weighted by molar-refractivity contribution is -0.122. The maximum Gasteiger partial charge on any atom is 0.352 e. The number of rotatable bonds is 5. The zero-order chi connectivity index (χ0) is 22.7. The highest BCUT2D eigenvalue weighted by atomic mass is 79.9. The number of imide groups is 1. The van der Waals surface area contributed by atoms with Gasteiger partial charge in [-0.3, -0.25) is 19.7 Å². The molecular weight excluding hydrogens is 492 g/mol. The molecule has 1 aromatic heterocycles. The van der Waals surface area contributed by atoms with Crippen LogP contribution in [-0.2, 0) is 11.3 Å². The molecule has 10 heteroatoms. The van der Waals surface area contributed by atoms with Crippen molar-refractivity contribution in [3.05, 3.63) is 58.2 Å². The molecule has 0 spiro atoms. The van der Waals surface area contributed by atoms with Crippen molar-refractivity contribution in [2.75, 3.05) is 5.33 Å². The molecule has 2 aromatic carbocycles. The van der Waals surface area contributed by atoms with Gasteiger partial charge in [-0.1, -0.05) is 45.7 Å². The zero-order valence-corrected chi connectivity index (χ0v) is 18.2. The highest BCUT2D eigenvalue weighted by Gasteiger charge is 2.34. The first kappa shape index (κ1) is 22.5. The average Bonchev–Trinajstić information content (AvgIpc) is 3.24. The van der Waals surface area contributed by atoms with E-state index in [4.69, 9.17) is 21.5 Å². The number of carboxylic acid groups (broad SMARTS) is 2. The number of aryl methyl sites for hydroxylation is 1. The van der Waals surface area contributed by atoms with E-state index in [1.54, 1.807) is 34.9 Å². The van der Waals surface area contributed by atoms with Gasteiger partial charge in [0.2, 0.25) is 0 Å². The van der Waals surface area contributed by atoms with Crippen molar-refractivity contribution in [3.8, 4) is 11.1 Å². The first-order valence-corrected chi connectivity index (χ1v) is 10.5. The number of amides is 2. The number of halogens is 2. The Hall–Kier alpha value is -3.17. The lowest BCUT2D eigenvalue weighted by Gasteiger charge is -2.12. The molecule has 1 aliphatic rings. The SMILES string of the molecule is O=C1NC(=O)c2c1c(-c1ccccc1Cl)cc1c2cc(C(=O)O)n1CCCBr.O=CO. The van der Waals surface area contributed by atoms with E-state index in [0.29, 0.717) is 45.3 Å². The first-order chi connectivity index (χ1) is 14.8. The van der Waals surface area contributed by atoms with Gasteiger partial charge in [-0.15, -0.1) is 0 Å². The summed E-state index contributed by atoms with van der Waals surface area (Å²) in [5.41, 5.74) is 2.18. The Bertz CT molecular complexity index is 1220. The Morgan fingerprint density at radius 1 is 1.13 bits per heavy atom. The minimum absolute atomic E-state index is 0.0709. The van der Waals surface area contributed by atoms with E-state index in [0.717, 1.165) is 0 Å². The van der Waals surface area contributed by atoms with Gasteiger partial charge in [-0.2, -0.15) is 0 Å². The summed E-state index contributed by atoms with van der Waals surface area (Å²) in [5.74, 6) is -2.14. The summed E-state index contributed by atoms with van der Waals surface area (Å²) < 4.78 is 1.66. The second kappa shape index (κ2) is 9.32. The molecule has 0 saturated carbocycles. The van der Waals surface area contributed by atoms with Crippen LogP contribution in [0.4, 0.5) is 0 Å². The van der Waals surface area contributed by atoms with Gasteiger partial charge in [0.25, 0.3) is 18.3 Å². The Morgan fingerprint density at radius 3 is 2.39 bits per heavy atom. The van der Waals surface area contributed by atoms with Crippen LogP contribution in [0.1, 0.15) is 37.6 Å². The standard InChI is InChI=1S/C20H14BrClN2O4.CH2O2/c21-6-3-7-24-14-8-11(10-4-1-2-5-13(10)22)16-17(19(26)23-18(16)25)12(14)9-15(24)20(27)28;2-1-3/h1-2,4-5,8-9H,3,6-7H2,(H,27,28)(H,23,25,26);1H,(H,2,3). The molecule has 0 unspecified atom stereocenters. The highest BCUT2D eigenvalue weighted by molar-refractivity contribution is 9.09.